The smallest absolute Gasteiger partial charge is 0.157 e. The minimum absolute atomic E-state index is 0.196. The molecule has 4 heteroatoms. The standard InChI is InChI=1S/C12H16ClFN2/c1-11(2,3)12(4,13)16-15-10-7-5-9(14)6-8-10/h5-8H,1-4H3. The Labute approximate surface area is 101 Å². The molecule has 0 aliphatic rings. The molecule has 1 aromatic rings. The summed E-state index contributed by atoms with van der Waals surface area (Å²) in [6.07, 6.45) is 0. The molecule has 0 fully saturated rings. The number of alkyl halides is 1. The average Bonchev–Trinajstić information content (AvgIpc) is 2.15. The number of azo groups is 1. The molecule has 0 bridgehead atoms. The fourth-order valence-corrected chi connectivity index (χ4v) is 0.847. The van der Waals surface area contributed by atoms with Gasteiger partial charge >= 0.3 is 0 Å². The van der Waals surface area contributed by atoms with Gasteiger partial charge in [0.2, 0.25) is 0 Å². The van der Waals surface area contributed by atoms with E-state index in [1.165, 1.54) is 12.1 Å². The minimum atomic E-state index is -0.776. The summed E-state index contributed by atoms with van der Waals surface area (Å²) in [5, 5.41) is 8.11. The summed E-state index contributed by atoms with van der Waals surface area (Å²) in [5.41, 5.74) is 0.399. The number of hydrogen-bond acceptors (Lipinski definition) is 2. The molecule has 1 aromatic carbocycles. The van der Waals surface area contributed by atoms with Gasteiger partial charge in [-0.05, 0) is 31.2 Å². The molecule has 0 radical (unpaired) electrons. The molecular weight excluding hydrogens is 227 g/mol. The van der Waals surface area contributed by atoms with Crippen LogP contribution in [0.25, 0.3) is 0 Å². The Hall–Kier alpha value is -0.960. The highest BCUT2D eigenvalue weighted by Crippen LogP contribution is 2.38. The van der Waals surface area contributed by atoms with E-state index in [2.05, 4.69) is 10.2 Å². The van der Waals surface area contributed by atoms with Crippen molar-refractivity contribution in [1.29, 1.82) is 0 Å². The summed E-state index contributed by atoms with van der Waals surface area (Å²) in [6, 6.07) is 5.82. The summed E-state index contributed by atoms with van der Waals surface area (Å²) in [7, 11) is 0. The first-order valence-electron chi connectivity index (χ1n) is 5.10. The zero-order valence-corrected chi connectivity index (χ0v) is 10.7. The van der Waals surface area contributed by atoms with Gasteiger partial charge < -0.3 is 0 Å². The Morgan fingerprint density at radius 3 is 2.00 bits per heavy atom. The zero-order chi connectivity index (χ0) is 12.4. The summed E-state index contributed by atoms with van der Waals surface area (Å²) in [6.45, 7) is 7.78. The van der Waals surface area contributed by atoms with Crippen LogP contribution >= 0.6 is 11.6 Å². The lowest BCUT2D eigenvalue weighted by Gasteiger charge is -2.31. The monoisotopic (exact) mass is 242 g/mol. The van der Waals surface area contributed by atoms with Crippen LogP contribution in [-0.2, 0) is 0 Å². The van der Waals surface area contributed by atoms with Crippen LogP contribution in [0.4, 0.5) is 10.1 Å². The fraction of sp³-hybridized carbons (Fsp3) is 0.500. The molecule has 0 spiro atoms. The Bertz CT molecular complexity index is 377. The van der Waals surface area contributed by atoms with Crippen LogP contribution in [0.5, 0.6) is 0 Å². The maximum absolute atomic E-state index is 12.7. The first kappa shape index (κ1) is 13.1. The van der Waals surface area contributed by atoms with Crippen LogP contribution in [0.15, 0.2) is 34.5 Å². The van der Waals surface area contributed by atoms with Crippen molar-refractivity contribution in [2.75, 3.05) is 0 Å². The molecule has 0 N–H and O–H groups in total. The molecule has 1 atom stereocenters. The van der Waals surface area contributed by atoms with Crippen LogP contribution < -0.4 is 0 Å². The molecule has 88 valence electrons. The van der Waals surface area contributed by atoms with Gasteiger partial charge in [0.15, 0.2) is 5.00 Å². The third-order valence-corrected chi connectivity index (χ3v) is 3.19. The number of halogens is 2. The lowest BCUT2D eigenvalue weighted by molar-refractivity contribution is 0.292. The maximum atomic E-state index is 12.7. The van der Waals surface area contributed by atoms with Crippen molar-refractivity contribution in [3.63, 3.8) is 0 Å². The lowest BCUT2D eigenvalue weighted by Crippen LogP contribution is -2.31. The Morgan fingerprint density at radius 1 is 1.06 bits per heavy atom. The molecule has 1 rings (SSSR count). The molecule has 0 amide bonds. The maximum Gasteiger partial charge on any atom is 0.157 e. The number of hydrogen-bond donors (Lipinski definition) is 0. The van der Waals surface area contributed by atoms with Crippen LogP contribution in [0.1, 0.15) is 27.7 Å². The number of benzene rings is 1. The SMILES string of the molecule is CC(C)(C)C(C)(Cl)N=Nc1ccc(F)cc1. The summed E-state index contributed by atoms with van der Waals surface area (Å²) >= 11 is 6.26. The Balaban J connectivity index is 2.85. The zero-order valence-electron chi connectivity index (χ0n) is 9.96. The van der Waals surface area contributed by atoms with Crippen LogP contribution in [-0.4, -0.2) is 5.00 Å². The van der Waals surface area contributed by atoms with Gasteiger partial charge in [-0.2, -0.15) is 10.2 Å². The van der Waals surface area contributed by atoms with Crippen molar-refractivity contribution in [3.8, 4) is 0 Å². The van der Waals surface area contributed by atoms with Crippen molar-refractivity contribution in [3.05, 3.63) is 30.1 Å². The molecule has 0 aliphatic heterocycles. The molecule has 0 aliphatic carbocycles. The topological polar surface area (TPSA) is 24.7 Å². The molecule has 2 nitrogen and oxygen atoms in total. The normalized spacial score (nSPS) is 16.4. The fourth-order valence-electron chi connectivity index (χ4n) is 0.809. The first-order valence-corrected chi connectivity index (χ1v) is 5.47. The van der Waals surface area contributed by atoms with Crippen molar-refractivity contribution in [2.24, 2.45) is 15.6 Å². The van der Waals surface area contributed by atoms with Gasteiger partial charge in [-0.1, -0.05) is 32.4 Å². The van der Waals surface area contributed by atoms with Gasteiger partial charge in [0.05, 0.1) is 5.69 Å². The van der Waals surface area contributed by atoms with E-state index in [4.69, 9.17) is 11.6 Å². The third-order valence-electron chi connectivity index (χ3n) is 2.55. The number of rotatable bonds is 2. The van der Waals surface area contributed by atoms with Crippen LogP contribution in [0.2, 0.25) is 0 Å². The van der Waals surface area contributed by atoms with Crippen molar-refractivity contribution < 1.29 is 4.39 Å². The summed E-state index contributed by atoms with van der Waals surface area (Å²) in [5.74, 6) is -0.289. The Morgan fingerprint density at radius 2 is 1.56 bits per heavy atom. The second-order valence-corrected chi connectivity index (χ2v) is 5.62. The van der Waals surface area contributed by atoms with E-state index in [-0.39, 0.29) is 11.2 Å². The van der Waals surface area contributed by atoms with E-state index >= 15 is 0 Å². The molecule has 1 unspecified atom stereocenters. The van der Waals surface area contributed by atoms with Gasteiger partial charge in [0.1, 0.15) is 5.82 Å². The molecule has 0 saturated carbocycles. The molecule has 0 heterocycles. The van der Waals surface area contributed by atoms with Crippen molar-refractivity contribution in [2.45, 2.75) is 32.7 Å². The first-order chi connectivity index (χ1) is 7.22. The van der Waals surface area contributed by atoms with Gasteiger partial charge in [0, 0.05) is 5.41 Å². The molecular formula is C12H16ClFN2. The predicted molar refractivity (Wildman–Crippen MR) is 64.6 cm³/mol. The molecule has 0 saturated heterocycles. The predicted octanol–water partition coefficient (Wildman–Crippen LogP) is 4.91. The third kappa shape index (κ3) is 3.27. The minimum Gasteiger partial charge on any atom is -0.207 e. The van der Waals surface area contributed by atoms with E-state index in [0.717, 1.165) is 0 Å². The van der Waals surface area contributed by atoms with Crippen LogP contribution in [0, 0.1) is 11.2 Å². The van der Waals surface area contributed by atoms with Crippen LogP contribution in [0.3, 0.4) is 0 Å². The summed E-state index contributed by atoms with van der Waals surface area (Å²) in [4.78, 5) is -0.776. The number of nitrogens with zero attached hydrogens (tertiary/aromatic N) is 2. The molecule has 16 heavy (non-hydrogen) atoms. The highest BCUT2D eigenvalue weighted by molar-refractivity contribution is 6.23. The lowest BCUT2D eigenvalue weighted by atomic mass is 9.88. The largest absolute Gasteiger partial charge is 0.207 e. The quantitative estimate of drug-likeness (QED) is 0.400. The van der Waals surface area contributed by atoms with Crippen molar-refractivity contribution >= 4 is 17.3 Å². The van der Waals surface area contributed by atoms with E-state index in [0.29, 0.717) is 5.69 Å². The highest BCUT2D eigenvalue weighted by atomic mass is 35.5. The van der Waals surface area contributed by atoms with Gasteiger partial charge in [-0.3, -0.25) is 0 Å². The van der Waals surface area contributed by atoms with E-state index in [1.807, 2.05) is 27.7 Å². The van der Waals surface area contributed by atoms with Crippen molar-refractivity contribution in [1.82, 2.24) is 0 Å². The second-order valence-electron chi connectivity index (χ2n) is 4.88. The highest BCUT2D eigenvalue weighted by Gasteiger charge is 2.35. The second kappa shape index (κ2) is 4.50. The van der Waals surface area contributed by atoms with E-state index in [1.54, 1.807) is 12.1 Å². The summed E-state index contributed by atoms with van der Waals surface area (Å²) < 4.78 is 12.7. The van der Waals surface area contributed by atoms with Gasteiger partial charge in [-0.25, -0.2) is 4.39 Å². The van der Waals surface area contributed by atoms with E-state index < -0.39 is 5.00 Å². The molecule has 0 aromatic heterocycles. The average molecular weight is 243 g/mol. The van der Waals surface area contributed by atoms with Gasteiger partial charge in [-0.15, -0.1) is 0 Å². The van der Waals surface area contributed by atoms with E-state index in [9.17, 15) is 4.39 Å². The van der Waals surface area contributed by atoms with Gasteiger partial charge in [0.25, 0.3) is 0 Å². The Kier molecular flexibility index (Phi) is 3.68.